The molecule has 0 bridgehead atoms. The van der Waals surface area contributed by atoms with Gasteiger partial charge in [0, 0.05) is 15.9 Å². The second kappa shape index (κ2) is 4.17. The first-order valence-corrected chi connectivity index (χ1v) is 6.96. The number of fused-ring (bicyclic) bond motifs is 1. The predicted octanol–water partition coefficient (Wildman–Crippen LogP) is 3.08. The zero-order chi connectivity index (χ0) is 10.1. The zero-order valence-electron chi connectivity index (χ0n) is 8.36. The third kappa shape index (κ3) is 1.81. The highest BCUT2D eigenvalue weighted by atomic mass is 32.2. The van der Waals surface area contributed by atoms with Crippen molar-refractivity contribution in [3.63, 3.8) is 0 Å². The molecule has 0 spiro atoms. The second-order valence-corrected chi connectivity index (χ2v) is 5.77. The van der Waals surface area contributed by atoms with E-state index in [2.05, 4.69) is 31.4 Å². The smallest absolute Gasteiger partial charge is 0.0909 e. The molecule has 2 atom stereocenters. The van der Waals surface area contributed by atoms with Crippen LogP contribution in [0.1, 0.15) is 24.2 Å². The normalized spacial score (nSPS) is 25.9. The SMILES string of the molecule is CSc1ccc2c(c1)C(O)C(C)SC2. The highest BCUT2D eigenvalue weighted by Gasteiger charge is 2.24. The molecule has 0 saturated heterocycles. The second-order valence-electron chi connectivity index (χ2n) is 3.53. The molecule has 1 N–H and O–H groups in total. The van der Waals surface area contributed by atoms with Crippen LogP contribution in [0.4, 0.5) is 0 Å². The van der Waals surface area contributed by atoms with Crippen LogP contribution in [-0.2, 0) is 5.75 Å². The van der Waals surface area contributed by atoms with Gasteiger partial charge in [-0.1, -0.05) is 13.0 Å². The number of aliphatic hydroxyl groups is 1. The Labute approximate surface area is 93.3 Å². The lowest BCUT2D eigenvalue weighted by molar-refractivity contribution is 0.176. The van der Waals surface area contributed by atoms with Crippen molar-refractivity contribution in [3.05, 3.63) is 29.3 Å². The van der Waals surface area contributed by atoms with Gasteiger partial charge in [0.1, 0.15) is 0 Å². The third-order valence-corrected chi connectivity index (χ3v) is 4.60. The van der Waals surface area contributed by atoms with E-state index in [-0.39, 0.29) is 6.10 Å². The first-order valence-electron chi connectivity index (χ1n) is 4.69. The molecule has 1 aromatic carbocycles. The topological polar surface area (TPSA) is 20.2 Å². The molecule has 1 aromatic rings. The van der Waals surface area contributed by atoms with E-state index in [1.807, 2.05) is 11.8 Å². The van der Waals surface area contributed by atoms with Crippen LogP contribution in [0.3, 0.4) is 0 Å². The van der Waals surface area contributed by atoms with Gasteiger partial charge < -0.3 is 5.11 Å². The Kier molecular flexibility index (Phi) is 3.10. The largest absolute Gasteiger partial charge is 0.387 e. The quantitative estimate of drug-likeness (QED) is 0.743. The molecule has 0 saturated carbocycles. The summed E-state index contributed by atoms with van der Waals surface area (Å²) in [6.45, 7) is 2.09. The Balaban J connectivity index is 2.41. The van der Waals surface area contributed by atoms with Gasteiger partial charge in [-0.2, -0.15) is 11.8 Å². The molecule has 1 nitrogen and oxygen atoms in total. The summed E-state index contributed by atoms with van der Waals surface area (Å²) in [5.74, 6) is 1.03. The Morgan fingerprint density at radius 1 is 1.50 bits per heavy atom. The molecular formula is C11H14OS2. The first kappa shape index (κ1) is 10.4. The number of thioether (sulfide) groups is 2. The molecule has 14 heavy (non-hydrogen) atoms. The van der Waals surface area contributed by atoms with Crippen LogP contribution in [0, 0.1) is 0 Å². The standard InChI is InChI=1S/C11H14OS2/c1-7-11(12)10-5-9(13-2)4-3-8(10)6-14-7/h3-5,7,11-12H,6H2,1-2H3. The lowest BCUT2D eigenvalue weighted by Gasteiger charge is -2.27. The van der Waals surface area contributed by atoms with Crippen molar-refractivity contribution in [1.82, 2.24) is 0 Å². The number of hydrogen-bond acceptors (Lipinski definition) is 3. The van der Waals surface area contributed by atoms with Crippen LogP contribution in [0.5, 0.6) is 0 Å². The van der Waals surface area contributed by atoms with Gasteiger partial charge in [0.2, 0.25) is 0 Å². The summed E-state index contributed by atoms with van der Waals surface area (Å²) in [6.07, 6.45) is 1.77. The van der Waals surface area contributed by atoms with Crippen molar-refractivity contribution in [2.75, 3.05) is 6.26 Å². The maximum atomic E-state index is 10.0. The van der Waals surface area contributed by atoms with Crippen molar-refractivity contribution in [2.45, 2.75) is 28.9 Å². The highest BCUT2D eigenvalue weighted by Crippen LogP contribution is 2.38. The fraction of sp³-hybridized carbons (Fsp3) is 0.455. The van der Waals surface area contributed by atoms with E-state index in [4.69, 9.17) is 0 Å². The van der Waals surface area contributed by atoms with Crippen molar-refractivity contribution >= 4 is 23.5 Å². The van der Waals surface area contributed by atoms with Crippen LogP contribution < -0.4 is 0 Å². The first-order chi connectivity index (χ1) is 6.72. The number of hydrogen-bond donors (Lipinski definition) is 1. The molecule has 1 aliphatic heterocycles. The summed E-state index contributed by atoms with van der Waals surface area (Å²) in [5, 5.41) is 10.3. The molecule has 2 unspecified atom stereocenters. The van der Waals surface area contributed by atoms with Crippen LogP contribution in [0.15, 0.2) is 23.1 Å². The minimum Gasteiger partial charge on any atom is -0.387 e. The summed E-state index contributed by atoms with van der Waals surface area (Å²) in [4.78, 5) is 1.24. The minimum absolute atomic E-state index is 0.296. The van der Waals surface area contributed by atoms with Gasteiger partial charge in [-0.15, -0.1) is 11.8 Å². The van der Waals surface area contributed by atoms with Crippen molar-refractivity contribution in [3.8, 4) is 0 Å². The number of benzene rings is 1. The molecule has 0 radical (unpaired) electrons. The van der Waals surface area contributed by atoms with E-state index >= 15 is 0 Å². The molecule has 2 rings (SSSR count). The highest BCUT2D eigenvalue weighted by molar-refractivity contribution is 7.99. The van der Waals surface area contributed by atoms with E-state index in [0.717, 1.165) is 11.3 Å². The summed E-state index contributed by atoms with van der Waals surface area (Å²) < 4.78 is 0. The molecule has 0 fully saturated rings. The molecule has 0 aliphatic carbocycles. The third-order valence-electron chi connectivity index (χ3n) is 2.62. The van der Waals surface area contributed by atoms with E-state index in [1.54, 1.807) is 11.8 Å². The van der Waals surface area contributed by atoms with Crippen LogP contribution in [-0.4, -0.2) is 16.6 Å². The molecular weight excluding hydrogens is 212 g/mol. The molecule has 76 valence electrons. The average molecular weight is 226 g/mol. The van der Waals surface area contributed by atoms with Crippen LogP contribution >= 0.6 is 23.5 Å². The molecule has 1 aliphatic rings. The van der Waals surface area contributed by atoms with Gasteiger partial charge in [0.05, 0.1) is 6.10 Å². The van der Waals surface area contributed by atoms with Crippen LogP contribution in [0.2, 0.25) is 0 Å². The maximum absolute atomic E-state index is 10.0. The Morgan fingerprint density at radius 2 is 2.29 bits per heavy atom. The van der Waals surface area contributed by atoms with Crippen LogP contribution in [0.25, 0.3) is 0 Å². The fourth-order valence-corrected chi connectivity index (χ4v) is 3.16. The summed E-state index contributed by atoms with van der Waals surface area (Å²) in [6, 6.07) is 6.40. The van der Waals surface area contributed by atoms with Crippen molar-refractivity contribution in [2.24, 2.45) is 0 Å². The summed E-state index contributed by atoms with van der Waals surface area (Å²) in [7, 11) is 0. The molecule has 0 aromatic heterocycles. The van der Waals surface area contributed by atoms with Gasteiger partial charge in [-0.25, -0.2) is 0 Å². The number of aliphatic hydroxyl groups excluding tert-OH is 1. The van der Waals surface area contributed by atoms with Gasteiger partial charge in [0.25, 0.3) is 0 Å². The van der Waals surface area contributed by atoms with Gasteiger partial charge in [0.15, 0.2) is 0 Å². The molecule has 1 heterocycles. The minimum atomic E-state index is -0.296. The predicted molar refractivity (Wildman–Crippen MR) is 63.9 cm³/mol. The van der Waals surface area contributed by atoms with E-state index in [9.17, 15) is 5.11 Å². The van der Waals surface area contributed by atoms with Gasteiger partial charge in [-0.05, 0) is 29.5 Å². The van der Waals surface area contributed by atoms with Crippen molar-refractivity contribution in [1.29, 1.82) is 0 Å². The van der Waals surface area contributed by atoms with Gasteiger partial charge in [-0.3, -0.25) is 0 Å². The Hall–Kier alpha value is -0.120. The van der Waals surface area contributed by atoms with E-state index in [0.29, 0.717) is 5.25 Å². The van der Waals surface area contributed by atoms with E-state index < -0.39 is 0 Å². The summed E-state index contributed by atoms with van der Waals surface area (Å²) in [5.41, 5.74) is 2.42. The zero-order valence-corrected chi connectivity index (χ0v) is 9.99. The monoisotopic (exact) mass is 226 g/mol. The lowest BCUT2D eigenvalue weighted by Crippen LogP contribution is -2.18. The molecule has 0 amide bonds. The average Bonchev–Trinajstić information content (AvgIpc) is 2.23. The Bertz CT molecular complexity index is 338. The summed E-state index contributed by atoms with van der Waals surface area (Å²) >= 11 is 3.55. The lowest BCUT2D eigenvalue weighted by atomic mass is 10.0. The van der Waals surface area contributed by atoms with Gasteiger partial charge >= 0.3 is 0 Å². The Morgan fingerprint density at radius 3 is 3.00 bits per heavy atom. The fourth-order valence-electron chi connectivity index (χ4n) is 1.67. The maximum Gasteiger partial charge on any atom is 0.0909 e. The van der Waals surface area contributed by atoms with Crippen molar-refractivity contribution < 1.29 is 5.11 Å². The molecule has 3 heteroatoms. The number of rotatable bonds is 1. The van der Waals surface area contributed by atoms with E-state index in [1.165, 1.54) is 10.5 Å².